The van der Waals surface area contributed by atoms with Crippen molar-refractivity contribution in [3.63, 3.8) is 0 Å². The van der Waals surface area contributed by atoms with Crippen LogP contribution in [0.1, 0.15) is 50.6 Å². The lowest BCUT2D eigenvalue weighted by atomic mass is 9.98. The molecule has 0 aliphatic heterocycles. The third-order valence-electron chi connectivity index (χ3n) is 3.33. The Labute approximate surface area is 112 Å². The first-order valence-electron chi connectivity index (χ1n) is 6.38. The summed E-state index contributed by atoms with van der Waals surface area (Å²) in [5.74, 6) is 0.946. The van der Waals surface area contributed by atoms with Crippen LogP contribution in [0.15, 0.2) is 22.7 Å². The number of hydrogen-bond donors (Lipinski definition) is 1. The van der Waals surface area contributed by atoms with E-state index in [1.165, 1.54) is 32.1 Å². The highest BCUT2D eigenvalue weighted by atomic mass is 79.9. The SMILES string of the molecule is C[C@H](N)c1ccc(OC2CCCCC2)c(Br)c1. The Balaban J connectivity index is 2.05. The fraction of sp³-hybridized carbons (Fsp3) is 0.571. The molecule has 0 amide bonds. The summed E-state index contributed by atoms with van der Waals surface area (Å²) in [4.78, 5) is 0. The normalized spacial score (nSPS) is 19.0. The largest absolute Gasteiger partial charge is 0.489 e. The third kappa shape index (κ3) is 3.46. The van der Waals surface area contributed by atoms with Gasteiger partial charge < -0.3 is 10.5 Å². The Bertz CT molecular complexity index is 372. The van der Waals surface area contributed by atoms with Crippen molar-refractivity contribution in [2.45, 2.75) is 51.2 Å². The first-order valence-corrected chi connectivity index (χ1v) is 7.18. The lowest BCUT2D eigenvalue weighted by Gasteiger charge is -2.23. The molecule has 0 aromatic heterocycles. The highest BCUT2D eigenvalue weighted by Crippen LogP contribution is 2.31. The molecule has 0 heterocycles. The van der Waals surface area contributed by atoms with Gasteiger partial charge in [0.2, 0.25) is 0 Å². The van der Waals surface area contributed by atoms with Crippen LogP contribution in [-0.2, 0) is 0 Å². The number of rotatable bonds is 3. The van der Waals surface area contributed by atoms with E-state index < -0.39 is 0 Å². The van der Waals surface area contributed by atoms with E-state index >= 15 is 0 Å². The predicted octanol–water partition coefficient (Wildman–Crippen LogP) is 4.18. The minimum Gasteiger partial charge on any atom is -0.489 e. The van der Waals surface area contributed by atoms with E-state index in [4.69, 9.17) is 10.5 Å². The van der Waals surface area contributed by atoms with E-state index in [-0.39, 0.29) is 6.04 Å². The van der Waals surface area contributed by atoms with Crippen LogP contribution < -0.4 is 10.5 Å². The van der Waals surface area contributed by atoms with Gasteiger partial charge in [0, 0.05) is 6.04 Å². The maximum atomic E-state index is 6.03. The van der Waals surface area contributed by atoms with Crippen LogP contribution in [0.3, 0.4) is 0 Å². The maximum Gasteiger partial charge on any atom is 0.133 e. The standard InChI is InChI=1S/C14H20BrNO/c1-10(16)11-7-8-14(13(15)9-11)17-12-5-3-2-4-6-12/h7-10,12H,2-6,16H2,1H3/t10-/m0/s1. The average Bonchev–Trinajstić information content (AvgIpc) is 2.33. The monoisotopic (exact) mass is 297 g/mol. The molecule has 3 heteroatoms. The Morgan fingerprint density at radius 2 is 2.00 bits per heavy atom. The average molecular weight is 298 g/mol. The molecule has 1 aromatic rings. The fourth-order valence-electron chi connectivity index (χ4n) is 2.26. The van der Waals surface area contributed by atoms with E-state index in [1.807, 2.05) is 19.1 Å². The molecule has 1 atom stereocenters. The molecule has 2 rings (SSSR count). The summed E-state index contributed by atoms with van der Waals surface area (Å²) < 4.78 is 7.05. The van der Waals surface area contributed by atoms with Crippen molar-refractivity contribution in [2.75, 3.05) is 0 Å². The van der Waals surface area contributed by atoms with Crippen molar-refractivity contribution in [1.29, 1.82) is 0 Å². The zero-order valence-corrected chi connectivity index (χ0v) is 11.9. The van der Waals surface area contributed by atoms with Crippen molar-refractivity contribution >= 4 is 15.9 Å². The van der Waals surface area contributed by atoms with Gasteiger partial charge in [0.1, 0.15) is 5.75 Å². The lowest BCUT2D eigenvalue weighted by molar-refractivity contribution is 0.154. The van der Waals surface area contributed by atoms with Crippen molar-refractivity contribution in [3.8, 4) is 5.75 Å². The van der Waals surface area contributed by atoms with Gasteiger partial charge in [-0.25, -0.2) is 0 Å². The minimum absolute atomic E-state index is 0.0648. The van der Waals surface area contributed by atoms with Gasteiger partial charge in [-0.05, 0) is 66.2 Å². The lowest BCUT2D eigenvalue weighted by Crippen LogP contribution is -2.19. The quantitative estimate of drug-likeness (QED) is 0.908. The summed E-state index contributed by atoms with van der Waals surface area (Å²) in [5, 5.41) is 0. The Kier molecular flexibility index (Phi) is 4.46. The summed E-state index contributed by atoms with van der Waals surface area (Å²) in [6.45, 7) is 1.99. The molecule has 0 saturated heterocycles. The highest BCUT2D eigenvalue weighted by molar-refractivity contribution is 9.10. The maximum absolute atomic E-state index is 6.03. The highest BCUT2D eigenvalue weighted by Gasteiger charge is 2.16. The molecule has 2 N–H and O–H groups in total. The topological polar surface area (TPSA) is 35.2 Å². The smallest absolute Gasteiger partial charge is 0.133 e. The molecule has 1 saturated carbocycles. The number of nitrogens with two attached hydrogens (primary N) is 1. The van der Waals surface area contributed by atoms with Crippen LogP contribution in [0.5, 0.6) is 5.75 Å². The van der Waals surface area contributed by atoms with Gasteiger partial charge >= 0.3 is 0 Å². The summed E-state index contributed by atoms with van der Waals surface area (Å²) in [5.41, 5.74) is 6.99. The van der Waals surface area contributed by atoms with Gasteiger partial charge in [0.25, 0.3) is 0 Å². The molecule has 1 fully saturated rings. The molecule has 94 valence electrons. The first-order chi connectivity index (χ1) is 8.16. The summed E-state index contributed by atoms with van der Waals surface area (Å²) in [7, 11) is 0. The van der Waals surface area contributed by atoms with Gasteiger partial charge in [-0.1, -0.05) is 12.5 Å². The molecular formula is C14H20BrNO. The van der Waals surface area contributed by atoms with E-state index in [9.17, 15) is 0 Å². The first kappa shape index (κ1) is 12.9. The van der Waals surface area contributed by atoms with Crippen LogP contribution in [0.2, 0.25) is 0 Å². The van der Waals surface area contributed by atoms with E-state index in [2.05, 4.69) is 22.0 Å². The van der Waals surface area contributed by atoms with Gasteiger partial charge in [-0.15, -0.1) is 0 Å². The van der Waals surface area contributed by atoms with E-state index in [0.717, 1.165) is 15.8 Å². The van der Waals surface area contributed by atoms with Crippen LogP contribution in [0.4, 0.5) is 0 Å². The van der Waals surface area contributed by atoms with Crippen molar-refractivity contribution in [2.24, 2.45) is 5.73 Å². The number of halogens is 1. The molecule has 1 aliphatic rings. The van der Waals surface area contributed by atoms with Gasteiger partial charge in [-0.3, -0.25) is 0 Å². The molecule has 1 aromatic carbocycles. The second-order valence-corrected chi connectivity index (χ2v) is 5.71. The molecular weight excluding hydrogens is 278 g/mol. The Morgan fingerprint density at radius 3 is 2.59 bits per heavy atom. The Hall–Kier alpha value is -0.540. The van der Waals surface area contributed by atoms with Crippen LogP contribution >= 0.6 is 15.9 Å². The van der Waals surface area contributed by atoms with Gasteiger partial charge in [-0.2, -0.15) is 0 Å². The second kappa shape index (κ2) is 5.87. The zero-order chi connectivity index (χ0) is 12.3. The van der Waals surface area contributed by atoms with Crippen molar-refractivity contribution in [1.82, 2.24) is 0 Å². The number of benzene rings is 1. The minimum atomic E-state index is 0.0648. The van der Waals surface area contributed by atoms with E-state index in [1.54, 1.807) is 0 Å². The second-order valence-electron chi connectivity index (χ2n) is 4.86. The summed E-state index contributed by atoms with van der Waals surface area (Å²) in [6, 6.07) is 6.20. The fourth-order valence-corrected chi connectivity index (χ4v) is 2.75. The molecule has 2 nitrogen and oxygen atoms in total. The molecule has 0 bridgehead atoms. The molecule has 17 heavy (non-hydrogen) atoms. The van der Waals surface area contributed by atoms with E-state index in [0.29, 0.717) is 6.10 Å². The van der Waals surface area contributed by atoms with Crippen LogP contribution in [0.25, 0.3) is 0 Å². The van der Waals surface area contributed by atoms with Gasteiger partial charge in [0.15, 0.2) is 0 Å². The van der Waals surface area contributed by atoms with Crippen molar-refractivity contribution in [3.05, 3.63) is 28.2 Å². The molecule has 0 radical (unpaired) electrons. The zero-order valence-electron chi connectivity index (χ0n) is 10.3. The Morgan fingerprint density at radius 1 is 1.29 bits per heavy atom. The third-order valence-corrected chi connectivity index (χ3v) is 3.95. The van der Waals surface area contributed by atoms with Crippen LogP contribution in [-0.4, -0.2) is 6.10 Å². The summed E-state index contributed by atoms with van der Waals surface area (Å²) >= 11 is 3.56. The molecule has 1 aliphatic carbocycles. The summed E-state index contributed by atoms with van der Waals surface area (Å²) in [6.07, 6.45) is 6.69. The number of hydrogen-bond acceptors (Lipinski definition) is 2. The van der Waals surface area contributed by atoms with Gasteiger partial charge in [0.05, 0.1) is 10.6 Å². The molecule has 0 spiro atoms. The molecule has 0 unspecified atom stereocenters. The number of ether oxygens (including phenoxy) is 1. The predicted molar refractivity (Wildman–Crippen MR) is 74.2 cm³/mol. The van der Waals surface area contributed by atoms with Crippen LogP contribution in [0, 0.1) is 0 Å². The van der Waals surface area contributed by atoms with Crippen molar-refractivity contribution < 1.29 is 4.74 Å².